The normalized spacial score (nSPS) is 28.7. The molecular formula is C8H11FO3S. The van der Waals surface area contributed by atoms with E-state index in [9.17, 15) is 12.3 Å². The highest BCUT2D eigenvalue weighted by Gasteiger charge is 2.30. The maximum atomic E-state index is 12.2. The lowest BCUT2D eigenvalue weighted by atomic mass is 9.93. The summed E-state index contributed by atoms with van der Waals surface area (Å²) >= 11 is 0. The van der Waals surface area contributed by atoms with Gasteiger partial charge in [0.1, 0.15) is 5.60 Å². The Morgan fingerprint density at radius 1 is 1.62 bits per heavy atom. The molecule has 0 amide bonds. The molecule has 0 aromatic heterocycles. The van der Waals surface area contributed by atoms with Crippen molar-refractivity contribution >= 4 is 10.5 Å². The van der Waals surface area contributed by atoms with Crippen molar-refractivity contribution in [2.75, 3.05) is 0 Å². The third kappa shape index (κ3) is 3.28. The minimum absolute atomic E-state index is 0.382. The van der Waals surface area contributed by atoms with Crippen LogP contribution in [0.3, 0.4) is 0 Å². The number of allylic oxidation sites excluding steroid dienone is 2. The fourth-order valence-corrected chi connectivity index (χ4v) is 1.94. The predicted octanol–water partition coefficient (Wildman–Crippen LogP) is 1.88. The van der Waals surface area contributed by atoms with E-state index in [0.29, 0.717) is 6.42 Å². The fraction of sp³-hybridized carbons (Fsp3) is 0.500. The predicted molar refractivity (Wildman–Crippen MR) is 47.0 cm³/mol. The summed E-state index contributed by atoms with van der Waals surface area (Å²) in [4.78, 5) is 0. The fourth-order valence-electron chi connectivity index (χ4n) is 1.37. The molecule has 1 rings (SSSR count). The molecule has 0 spiro atoms. The first-order valence-corrected chi connectivity index (χ1v) is 5.12. The van der Waals surface area contributed by atoms with E-state index in [0.717, 1.165) is 5.57 Å². The molecule has 1 aliphatic rings. The van der Waals surface area contributed by atoms with Crippen molar-refractivity contribution in [2.24, 2.45) is 0 Å². The first-order valence-electron chi connectivity index (χ1n) is 3.81. The van der Waals surface area contributed by atoms with Crippen LogP contribution in [0.25, 0.3) is 0 Å². The molecule has 0 bridgehead atoms. The largest absolute Gasteiger partial charge is 0.438 e. The van der Waals surface area contributed by atoms with Crippen LogP contribution in [-0.2, 0) is 14.7 Å². The summed E-state index contributed by atoms with van der Waals surface area (Å²) in [5.74, 6) is 0. The Balaban J connectivity index is 2.81. The molecule has 0 N–H and O–H groups in total. The molecule has 0 saturated carbocycles. The molecule has 1 atom stereocenters. The molecule has 13 heavy (non-hydrogen) atoms. The van der Waals surface area contributed by atoms with E-state index in [4.69, 9.17) is 0 Å². The van der Waals surface area contributed by atoms with Crippen molar-refractivity contribution in [3.05, 3.63) is 23.8 Å². The Bertz CT molecular complexity index is 356. The van der Waals surface area contributed by atoms with Gasteiger partial charge in [0.25, 0.3) is 0 Å². The average molecular weight is 206 g/mol. The van der Waals surface area contributed by atoms with Crippen molar-refractivity contribution in [3.8, 4) is 0 Å². The van der Waals surface area contributed by atoms with Crippen LogP contribution < -0.4 is 0 Å². The first-order chi connectivity index (χ1) is 5.81. The van der Waals surface area contributed by atoms with Gasteiger partial charge in [0, 0.05) is 6.42 Å². The van der Waals surface area contributed by atoms with Crippen LogP contribution in [0.2, 0.25) is 0 Å². The van der Waals surface area contributed by atoms with Crippen LogP contribution in [-0.4, -0.2) is 14.0 Å². The molecule has 0 heterocycles. The maximum Gasteiger partial charge on any atom is 0.438 e. The molecule has 0 aromatic carbocycles. The highest BCUT2D eigenvalue weighted by molar-refractivity contribution is 7.81. The molecule has 5 heteroatoms. The van der Waals surface area contributed by atoms with Crippen LogP contribution in [0.4, 0.5) is 3.89 Å². The molecule has 0 radical (unpaired) electrons. The van der Waals surface area contributed by atoms with Gasteiger partial charge in [-0.1, -0.05) is 27.7 Å². The average Bonchev–Trinajstić information content (AvgIpc) is 1.79. The number of hydrogen-bond donors (Lipinski definition) is 0. The summed E-state index contributed by atoms with van der Waals surface area (Å²) in [6, 6.07) is 0. The van der Waals surface area contributed by atoms with Gasteiger partial charge < -0.3 is 0 Å². The van der Waals surface area contributed by atoms with E-state index in [1.807, 2.05) is 13.0 Å². The summed E-state index contributed by atoms with van der Waals surface area (Å²) in [6.07, 6.45) is 5.39. The second-order valence-corrected chi connectivity index (χ2v) is 4.29. The topological polar surface area (TPSA) is 43.4 Å². The van der Waals surface area contributed by atoms with Crippen molar-refractivity contribution in [1.29, 1.82) is 0 Å². The lowest BCUT2D eigenvalue weighted by Gasteiger charge is -2.25. The summed E-state index contributed by atoms with van der Waals surface area (Å²) < 4.78 is 37.1. The van der Waals surface area contributed by atoms with Gasteiger partial charge in [-0.3, -0.25) is 0 Å². The van der Waals surface area contributed by atoms with E-state index in [-0.39, 0.29) is 0 Å². The molecule has 3 nitrogen and oxygen atoms in total. The molecule has 1 aliphatic carbocycles. The van der Waals surface area contributed by atoms with Crippen LogP contribution in [0.1, 0.15) is 20.3 Å². The number of rotatable bonds is 2. The quantitative estimate of drug-likeness (QED) is 0.648. The Kier molecular flexibility index (Phi) is 2.58. The summed E-state index contributed by atoms with van der Waals surface area (Å²) in [7, 11) is -4.88. The van der Waals surface area contributed by atoms with Crippen LogP contribution in [0.15, 0.2) is 23.8 Å². The van der Waals surface area contributed by atoms with Crippen LogP contribution in [0, 0.1) is 0 Å². The van der Waals surface area contributed by atoms with Crippen LogP contribution >= 0.6 is 0 Å². The van der Waals surface area contributed by atoms with Gasteiger partial charge in [-0.15, -0.1) is 0 Å². The standard InChI is InChI=1S/C8H11FO3S/c1-7-4-3-5-8(2,6-7)12-13(9,10)11/h3-5H,6H2,1-2H3. The number of halogens is 1. The summed E-state index contributed by atoms with van der Waals surface area (Å²) in [5, 5.41) is 0. The molecule has 0 aromatic rings. The molecule has 74 valence electrons. The van der Waals surface area contributed by atoms with Gasteiger partial charge in [-0.2, -0.15) is 8.42 Å². The Morgan fingerprint density at radius 2 is 2.23 bits per heavy atom. The lowest BCUT2D eigenvalue weighted by molar-refractivity contribution is 0.137. The van der Waals surface area contributed by atoms with Gasteiger partial charge in [0.15, 0.2) is 0 Å². The van der Waals surface area contributed by atoms with Crippen molar-refractivity contribution in [3.63, 3.8) is 0 Å². The minimum Gasteiger partial charge on any atom is -0.234 e. The van der Waals surface area contributed by atoms with Crippen LogP contribution in [0.5, 0.6) is 0 Å². The third-order valence-electron chi connectivity index (χ3n) is 1.75. The van der Waals surface area contributed by atoms with Gasteiger partial charge >= 0.3 is 10.5 Å². The smallest absolute Gasteiger partial charge is 0.234 e. The zero-order valence-corrected chi connectivity index (χ0v) is 8.27. The summed E-state index contributed by atoms with van der Waals surface area (Å²) in [5.41, 5.74) is -0.125. The minimum atomic E-state index is -4.88. The van der Waals surface area contributed by atoms with Gasteiger partial charge in [0.05, 0.1) is 0 Å². The lowest BCUT2D eigenvalue weighted by Crippen LogP contribution is -2.29. The molecular weight excluding hydrogens is 195 g/mol. The molecule has 1 unspecified atom stereocenters. The van der Waals surface area contributed by atoms with E-state index >= 15 is 0 Å². The van der Waals surface area contributed by atoms with Gasteiger partial charge in [-0.05, 0) is 13.8 Å². The van der Waals surface area contributed by atoms with Gasteiger partial charge in [0.2, 0.25) is 0 Å². The molecule has 0 aliphatic heterocycles. The Labute approximate surface area is 77.3 Å². The van der Waals surface area contributed by atoms with Crippen molar-refractivity contribution in [1.82, 2.24) is 0 Å². The summed E-state index contributed by atoms with van der Waals surface area (Å²) in [6.45, 7) is 3.35. The van der Waals surface area contributed by atoms with E-state index in [1.165, 1.54) is 13.0 Å². The molecule has 0 saturated heterocycles. The monoisotopic (exact) mass is 206 g/mol. The maximum absolute atomic E-state index is 12.2. The Morgan fingerprint density at radius 3 is 2.69 bits per heavy atom. The first kappa shape index (κ1) is 10.4. The Hall–Kier alpha value is -0.680. The van der Waals surface area contributed by atoms with Crippen molar-refractivity contribution in [2.45, 2.75) is 25.9 Å². The zero-order chi connectivity index (χ0) is 10.1. The van der Waals surface area contributed by atoms with Gasteiger partial charge in [-0.25, -0.2) is 4.18 Å². The zero-order valence-electron chi connectivity index (χ0n) is 7.45. The highest BCUT2D eigenvalue weighted by atomic mass is 32.3. The number of hydrogen-bond acceptors (Lipinski definition) is 3. The second kappa shape index (κ2) is 3.23. The second-order valence-electron chi connectivity index (χ2n) is 3.34. The van der Waals surface area contributed by atoms with E-state index in [2.05, 4.69) is 4.18 Å². The third-order valence-corrected chi connectivity index (χ3v) is 2.33. The SMILES string of the molecule is CC1=CC=CC(C)(OS(=O)(=O)F)C1. The molecule has 0 fully saturated rings. The van der Waals surface area contributed by atoms with E-state index < -0.39 is 16.1 Å². The highest BCUT2D eigenvalue weighted by Crippen LogP contribution is 2.28. The van der Waals surface area contributed by atoms with E-state index in [1.54, 1.807) is 6.08 Å². The van der Waals surface area contributed by atoms with Crippen molar-refractivity contribution < 1.29 is 16.5 Å².